The van der Waals surface area contributed by atoms with Crippen molar-refractivity contribution in [3.63, 3.8) is 0 Å². The largest absolute Gasteiger partial charge is 0.378 e. The summed E-state index contributed by atoms with van der Waals surface area (Å²) in [6.45, 7) is 5.91. The standard InChI is InChI=1S/C15H26O3/c1-4-5-6-7-8-9-13-15(11-18-15)14(16-3)12(2)10-17-13/h8-9,12-14H,4-7,10-11H2,1-3H3/b9-8+/t12-,13-,14-,15+/m0/s1. The predicted octanol–water partition coefficient (Wildman–Crippen LogP) is 2.94. The van der Waals surface area contributed by atoms with E-state index in [-0.39, 0.29) is 17.8 Å². The lowest BCUT2D eigenvalue weighted by Gasteiger charge is -2.38. The van der Waals surface area contributed by atoms with Crippen molar-refractivity contribution in [3.05, 3.63) is 12.2 Å². The van der Waals surface area contributed by atoms with Gasteiger partial charge in [-0.05, 0) is 12.8 Å². The van der Waals surface area contributed by atoms with E-state index in [1.54, 1.807) is 7.11 Å². The third-order valence-electron chi connectivity index (χ3n) is 4.04. The van der Waals surface area contributed by atoms with Gasteiger partial charge in [-0.3, -0.25) is 0 Å². The minimum Gasteiger partial charge on any atom is -0.378 e. The molecule has 0 aliphatic carbocycles. The Morgan fingerprint density at radius 1 is 1.39 bits per heavy atom. The van der Waals surface area contributed by atoms with Crippen LogP contribution in [0.3, 0.4) is 0 Å². The van der Waals surface area contributed by atoms with Gasteiger partial charge in [-0.1, -0.05) is 38.8 Å². The van der Waals surface area contributed by atoms with E-state index in [4.69, 9.17) is 14.2 Å². The molecule has 0 saturated carbocycles. The van der Waals surface area contributed by atoms with Gasteiger partial charge in [0.2, 0.25) is 0 Å². The molecule has 2 fully saturated rings. The zero-order valence-electron chi connectivity index (χ0n) is 11.9. The summed E-state index contributed by atoms with van der Waals surface area (Å²) in [5.74, 6) is 0.405. The molecule has 0 N–H and O–H groups in total. The lowest BCUT2D eigenvalue weighted by molar-refractivity contribution is -0.131. The number of hydrogen-bond donors (Lipinski definition) is 0. The average molecular weight is 254 g/mol. The van der Waals surface area contributed by atoms with Gasteiger partial charge in [0.05, 0.1) is 19.3 Å². The minimum absolute atomic E-state index is 0.0697. The lowest BCUT2D eigenvalue weighted by Crippen LogP contribution is -2.52. The van der Waals surface area contributed by atoms with Gasteiger partial charge < -0.3 is 14.2 Å². The summed E-state index contributed by atoms with van der Waals surface area (Å²) >= 11 is 0. The first-order chi connectivity index (χ1) is 8.74. The fourth-order valence-electron chi connectivity index (χ4n) is 2.92. The Balaban J connectivity index is 1.89. The van der Waals surface area contributed by atoms with Crippen molar-refractivity contribution < 1.29 is 14.2 Å². The lowest BCUT2D eigenvalue weighted by atomic mass is 9.85. The molecule has 104 valence electrons. The average Bonchev–Trinajstić information content (AvgIpc) is 3.13. The molecule has 1 spiro atoms. The second-order valence-corrected chi connectivity index (χ2v) is 5.56. The third kappa shape index (κ3) is 2.79. The first-order valence-electron chi connectivity index (χ1n) is 7.19. The van der Waals surface area contributed by atoms with Crippen LogP contribution in [0.1, 0.15) is 39.5 Å². The monoisotopic (exact) mass is 254 g/mol. The quantitative estimate of drug-likeness (QED) is 0.415. The van der Waals surface area contributed by atoms with Crippen molar-refractivity contribution in [1.82, 2.24) is 0 Å². The minimum atomic E-state index is -0.201. The Hall–Kier alpha value is -0.380. The van der Waals surface area contributed by atoms with Crippen molar-refractivity contribution in [2.75, 3.05) is 20.3 Å². The number of allylic oxidation sites excluding steroid dienone is 1. The van der Waals surface area contributed by atoms with E-state index in [2.05, 4.69) is 26.0 Å². The van der Waals surface area contributed by atoms with E-state index in [1.807, 2.05) is 0 Å². The SMILES string of the molecule is CCCCC/C=C/[C@@H]1OC[C@H](C)[C@H](OC)[C@@]12CO2. The molecule has 0 aromatic carbocycles. The van der Waals surface area contributed by atoms with Gasteiger partial charge in [-0.25, -0.2) is 0 Å². The van der Waals surface area contributed by atoms with E-state index in [0.29, 0.717) is 5.92 Å². The molecule has 2 aliphatic rings. The fourth-order valence-corrected chi connectivity index (χ4v) is 2.92. The van der Waals surface area contributed by atoms with Crippen LogP contribution in [-0.2, 0) is 14.2 Å². The molecule has 3 heteroatoms. The summed E-state index contributed by atoms with van der Waals surface area (Å²) < 4.78 is 17.2. The maximum absolute atomic E-state index is 5.91. The molecule has 0 aromatic heterocycles. The Labute approximate surface area is 110 Å². The molecule has 0 aromatic rings. The fraction of sp³-hybridized carbons (Fsp3) is 0.867. The van der Waals surface area contributed by atoms with E-state index >= 15 is 0 Å². The van der Waals surface area contributed by atoms with Crippen molar-refractivity contribution >= 4 is 0 Å². The van der Waals surface area contributed by atoms with Crippen LogP contribution >= 0.6 is 0 Å². The molecule has 0 unspecified atom stereocenters. The molecule has 2 aliphatic heterocycles. The number of ether oxygens (including phenoxy) is 3. The second kappa shape index (κ2) is 6.18. The summed E-state index contributed by atoms with van der Waals surface area (Å²) in [5, 5.41) is 0. The summed E-state index contributed by atoms with van der Waals surface area (Å²) in [6.07, 6.45) is 9.62. The highest BCUT2D eigenvalue weighted by molar-refractivity contribution is 5.15. The van der Waals surface area contributed by atoms with Gasteiger partial charge in [-0.15, -0.1) is 0 Å². The first-order valence-corrected chi connectivity index (χ1v) is 7.19. The highest BCUT2D eigenvalue weighted by Gasteiger charge is 2.61. The summed E-state index contributed by atoms with van der Waals surface area (Å²) in [4.78, 5) is 0. The maximum Gasteiger partial charge on any atom is 0.147 e. The maximum atomic E-state index is 5.91. The molecule has 0 amide bonds. The van der Waals surface area contributed by atoms with Crippen molar-refractivity contribution in [3.8, 4) is 0 Å². The molecule has 18 heavy (non-hydrogen) atoms. The predicted molar refractivity (Wildman–Crippen MR) is 71.7 cm³/mol. The van der Waals surface area contributed by atoms with Crippen LogP contribution in [-0.4, -0.2) is 38.1 Å². The zero-order valence-corrected chi connectivity index (χ0v) is 11.9. The van der Waals surface area contributed by atoms with Gasteiger partial charge in [0.25, 0.3) is 0 Å². The molecular formula is C15H26O3. The number of unbranched alkanes of at least 4 members (excludes halogenated alkanes) is 3. The van der Waals surface area contributed by atoms with E-state index in [9.17, 15) is 0 Å². The van der Waals surface area contributed by atoms with Crippen LogP contribution in [0.25, 0.3) is 0 Å². The van der Waals surface area contributed by atoms with E-state index in [1.165, 1.54) is 19.3 Å². The topological polar surface area (TPSA) is 31.0 Å². The number of methoxy groups -OCH3 is 1. The molecule has 0 bridgehead atoms. The number of hydrogen-bond acceptors (Lipinski definition) is 3. The van der Waals surface area contributed by atoms with Crippen LogP contribution < -0.4 is 0 Å². The second-order valence-electron chi connectivity index (χ2n) is 5.56. The smallest absolute Gasteiger partial charge is 0.147 e. The Morgan fingerprint density at radius 3 is 2.78 bits per heavy atom. The van der Waals surface area contributed by atoms with Crippen molar-refractivity contribution in [2.24, 2.45) is 5.92 Å². The first kappa shape index (κ1) is 14.0. The van der Waals surface area contributed by atoms with Crippen molar-refractivity contribution in [1.29, 1.82) is 0 Å². The molecule has 2 rings (SSSR count). The van der Waals surface area contributed by atoms with Crippen molar-refractivity contribution in [2.45, 2.75) is 57.3 Å². The van der Waals surface area contributed by atoms with Crippen LogP contribution in [0.5, 0.6) is 0 Å². The number of epoxide rings is 1. The normalized spacial score (nSPS) is 39.6. The van der Waals surface area contributed by atoms with Crippen LogP contribution in [0.4, 0.5) is 0 Å². The van der Waals surface area contributed by atoms with Crippen LogP contribution in [0.15, 0.2) is 12.2 Å². The van der Waals surface area contributed by atoms with Gasteiger partial charge in [-0.2, -0.15) is 0 Å². The number of rotatable bonds is 6. The molecule has 2 heterocycles. The highest BCUT2D eigenvalue weighted by Crippen LogP contribution is 2.44. The van der Waals surface area contributed by atoms with Gasteiger partial charge >= 0.3 is 0 Å². The molecule has 3 nitrogen and oxygen atoms in total. The Morgan fingerprint density at radius 2 is 2.17 bits per heavy atom. The third-order valence-corrected chi connectivity index (χ3v) is 4.04. The van der Waals surface area contributed by atoms with E-state index in [0.717, 1.165) is 19.6 Å². The van der Waals surface area contributed by atoms with Crippen LogP contribution in [0.2, 0.25) is 0 Å². The highest BCUT2D eigenvalue weighted by atomic mass is 16.7. The molecule has 4 atom stereocenters. The van der Waals surface area contributed by atoms with Gasteiger partial charge in [0.15, 0.2) is 0 Å². The zero-order chi connectivity index (χ0) is 13.0. The Bertz CT molecular complexity index is 283. The van der Waals surface area contributed by atoms with Gasteiger partial charge in [0, 0.05) is 13.0 Å². The molecule has 0 radical (unpaired) electrons. The van der Waals surface area contributed by atoms with E-state index < -0.39 is 0 Å². The summed E-state index contributed by atoms with van der Waals surface area (Å²) in [6, 6.07) is 0. The van der Waals surface area contributed by atoms with Gasteiger partial charge in [0.1, 0.15) is 11.7 Å². The molecular weight excluding hydrogens is 228 g/mol. The van der Waals surface area contributed by atoms with Crippen LogP contribution in [0, 0.1) is 5.92 Å². The molecule has 2 saturated heterocycles. The Kier molecular flexibility index (Phi) is 4.82. The summed E-state index contributed by atoms with van der Waals surface area (Å²) in [7, 11) is 1.78. The summed E-state index contributed by atoms with van der Waals surface area (Å²) in [5.41, 5.74) is -0.201.